The van der Waals surface area contributed by atoms with Gasteiger partial charge in [0.2, 0.25) is 0 Å². The van der Waals surface area contributed by atoms with E-state index in [4.69, 9.17) is 4.42 Å². The number of benzene rings is 1. The molecule has 6 heteroatoms. The number of carbonyl (C=O) groups is 1. The summed E-state index contributed by atoms with van der Waals surface area (Å²) in [6.45, 7) is 3.28. The van der Waals surface area contributed by atoms with Crippen LogP contribution in [0.25, 0.3) is 0 Å². The third-order valence-electron chi connectivity index (χ3n) is 2.80. The lowest BCUT2D eigenvalue weighted by atomic mass is 10.1. The molecule has 0 radical (unpaired) electrons. The number of hydrazone groups is 1. The Morgan fingerprint density at radius 3 is 2.65 bits per heavy atom. The van der Waals surface area contributed by atoms with Crippen LogP contribution in [0.4, 0.5) is 0 Å². The summed E-state index contributed by atoms with van der Waals surface area (Å²) < 4.78 is 5.03. The van der Waals surface area contributed by atoms with Crippen LogP contribution in [0, 0.1) is 6.92 Å². The highest BCUT2D eigenvalue weighted by Crippen LogP contribution is 2.22. The fourth-order valence-electron chi connectivity index (χ4n) is 1.69. The van der Waals surface area contributed by atoms with E-state index in [1.54, 1.807) is 19.9 Å². The molecule has 0 spiro atoms. The van der Waals surface area contributed by atoms with Gasteiger partial charge in [0.15, 0.2) is 0 Å². The van der Waals surface area contributed by atoms with E-state index in [0.717, 1.165) is 0 Å². The Balaban J connectivity index is 2.17. The molecule has 2 aromatic rings. The number of nitrogens with zero attached hydrogens (tertiary/aromatic N) is 1. The molecule has 6 nitrogen and oxygen atoms in total. The maximum Gasteiger partial charge on any atom is 0.274 e. The van der Waals surface area contributed by atoms with E-state index in [0.29, 0.717) is 22.6 Å². The van der Waals surface area contributed by atoms with E-state index in [9.17, 15) is 15.0 Å². The molecule has 0 aliphatic heterocycles. The molecular weight excluding hydrogens is 260 g/mol. The predicted octanol–water partition coefficient (Wildman–Crippen LogP) is 2.15. The van der Waals surface area contributed by atoms with Gasteiger partial charge in [0.05, 0.1) is 17.5 Å². The van der Waals surface area contributed by atoms with E-state index in [-0.39, 0.29) is 11.5 Å². The Morgan fingerprint density at radius 1 is 1.25 bits per heavy atom. The summed E-state index contributed by atoms with van der Waals surface area (Å²) in [5.74, 6) is 0.0629. The minimum Gasteiger partial charge on any atom is -0.508 e. The van der Waals surface area contributed by atoms with Gasteiger partial charge < -0.3 is 14.6 Å². The maximum atomic E-state index is 11.8. The number of phenols is 2. The number of aryl methyl sites for hydroxylation is 1. The largest absolute Gasteiger partial charge is 0.508 e. The summed E-state index contributed by atoms with van der Waals surface area (Å²) in [5.41, 5.74) is 3.47. The molecule has 2 rings (SSSR count). The van der Waals surface area contributed by atoms with Crippen LogP contribution in [0.3, 0.4) is 0 Å². The molecule has 1 aromatic carbocycles. The summed E-state index contributed by atoms with van der Waals surface area (Å²) in [7, 11) is 0. The van der Waals surface area contributed by atoms with Crippen molar-refractivity contribution >= 4 is 11.6 Å². The first-order valence-corrected chi connectivity index (χ1v) is 5.90. The zero-order valence-electron chi connectivity index (χ0n) is 11.0. The van der Waals surface area contributed by atoms with E-state index in [1.807, 2.05) is 0 Å². The second-order valence-electron chi connectivity index (χ2n) is 4.23. The molecule has 0 saturated carbocycles. The highest BCUT2D eigenvalue weighted by Gasteiger charge is 2.11. The van der Waals surface area contributed by atoms with Gasteiger partial charge in [0.1, 0.15) is 17.3 Å². The Kier molecular flexibility index (Phi) is 3.74. The quantitative estimate of drug-likeness (QED) is 0.454. The Morgan fingerprint density at radius 2 is 2.00 bits per heavy atom. The normalized spacial score (nSPS) is 11.4. The fraction of sp³-hybridized carbons (Fsp3) is 0.143. The molecule has 0 atom stereocenters. The van der Waals surface area contributed by atoms with Gasteiger partial charge in [-0.2, -0.15) is 5.10 Å². The van der Waals surface area contributed by atoms with Gasteiger partial charge in [-0.15, -0.1) is 0 Å². The van der Waals surface area contributed by atoms with Crippen LogP contribution in [0.5, 0.6) is 11.5 Å². The number of carbonyl (C=O) groups excluding carboxylic acids is 1. The zero-order chi connectivity index (χ0) is 14.7. The van der Waals surface area contributed by atoms with Gasteiger partial charge >= 0.3 is 0 Å². The topological polar surface area (TPSA) is 95.1 Å². The van der Waals surface area contributed by atoms with Crippen LogP contribution in [0.2, 0.25) is 0 Å². The Hall–Kier alpha value is -2.76. The second-order valence-corrected chi connectivity index (χ2v) is 4.23. The zero-order valence-corrected chi connectivity index (χ0v) is 11.0. The van der Waals surface area contributed by atoms with Gasteiger partial charge in [0.25, 0.3) is 5.91 Å². The van der Waals surface area contributed by atoms with E-state index >= 15 is 0 Å². The molecule has 0 fully saturated rings. The summed E-state index contributed by atoms with van der Waals surface area (Å²) >= 11 is 0. The van der Waals surface area contributed by atoms with Gasteiger partial charge in [-0.25, -0.2) is 5.43 Å². The summed E-state index contributed by atoms with van der Waals surface area (Å²) in [6.07, 6.45) is 1.42. The standard InChI is InChI=1S/C14H14N2O4/c1-8(12-7-10(17)3-4-13(12)18)15-16-14(19)11-5-6-20-9(11)2/h3-7,17-18H,1-2H3,(H,16,19)/b15-8+. The number of furan rings is 1. The van der Waals surface area contributed by atoms with E-state index in [1.165, 1.54) is 24.5 Å². The molecule has 0 unspecified atom stereocenters. The number of nitrogens with one attached hydrogen (secondary N) is 1. The molecule has 0 bridgehead atoms. The number of hydrogen-bond donors (Lipinski definition) is 3. The maximum absolute atomic E-state index is 11.8. The number of amides is 1. The predicted molar refractivity (Wildman–Crippen MR) is 72.9 cm³/mol. The van der Waals surface area contributed by atoms with Crippen molar-refractivity contribution in [3.05, 3.63) is 47.4 Å². The van der Waals surface area contributed by atoms with Crippen molar-refractivity contribution in [2.24, 2.45) is 5.10 Å². The first-order valence-electron chi connectivity index (χ1n) is 5.90. The molecular formula is C14H14N2O4. The SMILES string of the molecule is C/C(=N\NC(=O)c1ccoc1C)c1cc(O)ccc1O. The lowest BCUT2D eigenvalue weighted by molar-refractivity contribution is 0.0953. The number of hydrogen-bond acceptors (Lipinski definition) is 5. The van der Waals surface area contributed by atoms with Crippen LogP contribution in [-0.4, -0.2) is 21.8 Å². The minimum atomic E-state index is -0.407. The number of aromatic hydroxyl groups is 2. The van der Waals surface area contributed by atoms with Crippen molar-refractivity contribution in [1.29, 1.82) is 0 Å². The van der Waals surface area contributed by atoms with Crippen LogP contribution >= 0.6 is 0 Å². The molecule has 0 saturated heterocycles. The van der Waals surface area contributed by atoms with Crippen molar-refractivity contribution in [3.8, 4) is 11.5 Å². The number of rotatable bonds is 3. The van der Waals surface area contributed by atoms with Gasteiger partial charge in [0, 0.05) is 5.56 Å². The third kappa shape index (κ3) is 2.80. The highest BCUT2D eigenvalue weighted by molar-refractivity contribution is 6.03. The summed E-state index contributed by atoms with van der Waals surface area (Å²) in [4.78, 5) is 11.8. The van der Waals surface area contributed by atoms with Crippen molar-refractivity contribution in [3.63, 3.8) is 0 Å². The van der Waals surface area contributed by atoms with Gasteiger partial charge in [-0.1, -0.05) is 0 Å². The average Bonchev–Trinajstić information content (AvgIpc) is 2.84. The van der Waals surface area contributed by atoms with Crippen molar-refractivity contribution < 1.29 is 19.4 Å². The van der Waals surface area contributed by atoms with E-state index < -0.39 is 5.91 Å². The van der Waals surface area contributed by atoms with E-state index in [2.05, 4.69) is 10.5 Å². The average molecular weight is 274 g/mol. The Bertz CT molecular complexity index is 674. The third-order valence-corrected chi connectivity index (χ3v) is 2.80. The Labute approximate surface area is 115 Å². The van der Waals surface area contributed by atoms with Crippen molar-refractivity contribution in [1.82, 2.24) is 5.43 Å². The van der Waals surface area contributed by atoms with Crippen molar-refractivity contribution in [2.45, 2.75) is 13.8 Å². The highest BCUT2D eigenvalue weighted by atomic mass is 16.3. The molecule has 20 heavy (non-hydrogen) atoms. The monoisotopic (exact) mass is 274 g/mol. The molecule has 0 aliphatic rings. The van der Waals surface area contributed by atoms with Crippen LogP contribution in [-0.2, 0) is 0 Å². The van der Waals surface area contributed by atoms with Gasteiger partial charge in [-0.3, -0.25) is 4.79 Å². The van der Waals surface area contributed by atoms with Crippen LogP contribution < -0.4 is 5.43 Å². The van der Waals surface area contributed by atoms with Crippen LogP contribution in [0.15, 0.2) is 40.0 Å². The smallest absolute Gasteiger partial charge is 0.274 e. The summed E-state index contributed by atoms with van der Waals surface area (Å²) in [5, 5.41) is 23.0. The minimum absolute atomic E-state index is 0.00403. The second kappa shape index (κ2) is 5.48. The molecule has 1 aromatic heterocycles. The number of phenolic OH excluding ortho intramolecular Hbond substituents is 2. The molecule has 1 heterocycles. The lowest BCUT2D eigenvalue weighted by Crippen LogP contribution is -2.19. The first-order chi connectivity index (χ1) is 9.49. The molecule has 3 N–H and O–H groups in total. The van der Waals surface area contributed by atoms with Crippen molar-refractivity contribution in [2.75, 3.05) is 0 Å². The molecule has 104 valence electrons. The fourth-order valence-corrected chi connectivity index (χ4v) is 1.69. The van der Waals surface area contributed by atoms with Gasteiger partial charge in [-0.05, 0) is 38.1 Å². The molecule has 1 amide bonds. The summed E-state index contributed by atoms with van der Waals surface area (Å²) in [6, 6.07) is 5.62. The lowest BCUT2D eigenvalue weighted by Gasteiger charge is -2.05. The first kappa shape index (κ1) is 13.7. The molecule has 0 aliphatic carbocycles. The van der Waals surface area contributed by atoms with Crippen LogP contribution in [0.1, 0.15) is 28.6 Å².